The van der Waals surface area contributed by atoms with Crippen molar-refractivity contribution >= 4 is 28.5 Å². The van der Waals surface area contributed by atoms with Crippen LogP contribution in [0.25, 0.3) is 0 Å². The molecule has 0 spiro atoms. The van der Waals surface area contributed by atoms with Crippen molar-refractivity contribution in [2.24, 2.45) is 0 Å². The van der Waals surface area contributed by atoms with Gasteiger partial charge in [0.1, 0.15) is 11.4 Å². The number of benzene rings is 2. The van der Waals surface area contributed by atoms with E-state index < -0.39 is 0 Å². The van der Waals surface area contributed by atoms with Crippen LogP contribution in [0.3, 0.4) is 0 Å². The number of aryl methyl sites for hydroxylation is 1. The molecular weight excluding hydrogens is 401 g/mol. The highest BCUT2D eigenvalue weighted by atomic mass is 127. The molecule has 4 heteroatoms. The van der Waals surface area contributed by atoms with Crippen LogP contribution in [-0.2, 0) is 0 Å². The van der Waals surface area contributed by atoms with E-state index in [-0.39, 0.29) is 17.6 Å². The Labute approximate surface area is 150 Å². The van der Waals surface area contributed by atoms with Crippen molar-refractivity contribution in [1.82, 2.24) is 5.32 Å². The molecule has 0 bridgehead atoms. The first-order valence-corrected chi connectivity index (χ1v) is 8.78. The van der Waals surface area contributed by atoms with Crippen LogP contribution in [0.2, 0.25) is 0 Å². The van der Waals surface area contributed by atoms with Crippen molar-refractivity contribution in [2.45, 2.75) is 38.8 Å². The third-order valence-corrected chi connectivity index (χ3v) is 4.99. The van der Waals surface area contributed by atoms with Gasteiger partial charge in [-0.25, -0.2) is 0 Å². The average molecular weight is 421 g/mol. The van der Waals surface area contributed by atoms with Crippen LogP contribution in [0.4, 0.5) is 0 Å². The van der Waals surface area contributed by atoms with Crippen molar-refractivity contribution in [3.8, 4) is 5.75 Å². The number of fused-ring (bicyclic) bond motifs is 1. The smallest absolute Gasteiger partial charge is 0.252 e. The van der Waals surface area contributed by atoms with Gasteiger partial charge in [-0.3, -0.25) is 4.79 Å². The number of hydrogen-bond acceptors (Lipinski definition) is 2. The first kappa shape index (κ1) is 16.3. The summed E-state index contributed by atoms with van der Waals surface area (Å²) in [4.78, 5) is 12.7. The molecule has 1 N–H and O–H groups in total. The number of rotatable bonds is 2. The van der Waals surface area contributed by atoms with Crippen molar-refractivity contribution in [2.75, 3.05) is 0 Å². The minimum absolute atomic E-state index is 0.0369. The Balaban J connectivity index is 1.92. The van der Waals surface area contributed by atoms with Gasteiger partial charge in [0.05, 0.1) is 11.6 Å². The summed E-state index contributed by atoms with van der Waals surface area (Å²) >= 11 is 2.20. The van der Waals surface area contributed by atoms with Crippen molar-refractivity contribution in [3.05, 3.63) is 62.7 Å². The Morgan fingerprint density at radius 2 is 2.00 bits per heavy atom. The third-order valence-electron chi connectivity index (χ3n) is 4.05. The summed E-state index contributed by atoms with van der Waals surface area (Å²) in [7, 11) is 0. The molecule has 0 aromatic heterocycles. The molecule has 1 aliphatic rings. The molecule has 3 rings (SSSR count). The van der Waals surface area contributed by atoms with Gasteiger partial charge in [0.25, 0.3) is 5.91 Å². The molecule has 3 nitrogen and oxygen atoms in total. The van der Waals surface area contributed by atoms with Gasteiger partial charge in [-0.15, -0.1) is 0 Å². The second kappa shape index (κ2) is 6.15. The number of ether oxygens (including phenoxy) is 1. The number of carbonyl (C=O) groups is 1. The quantitative estimate of drug-likeness (QED) is 0.719. The van der Waals surface area contributed by atoms with Crippen molar-refractivity contribution < 1.29 is 9.53 Å². The fraction of sp³-hybridized carbons (Fsp3) is 0.316. The summed E-state index contributed by atoms with van der Waals surface area (Å²) in [6.45, 7) is 6.17. The van der Waals surface area contributed by atoms with E-state index in [0.717, 1.165) is 21.3 Å². The van der Waals surface area contributed by atoms with Crippen LogP contribution < -0.4 is 10.1 Å². The summed E-state index contributed by atoms with van der Waals surface area (Å²) in [5.74, 6) is 0.824. The Bertz CT molecular complexity index is 755. The van der Waals surface area contributed by atoms with Crippen LogP contribution in [0.1, 0.15) is 47.8 Å². The lowest BCUT2D eigenvalue weighted by Crippen LogP contribution is -2.41. The van der Waals surface area contributed by atoms with Gasteiger partial charge in [0.15, 0.2) is 0 Å². The van der Waals surface area contributed by atoms with E-state index in [1.54, 1.807) is 0 Å². The van der Waals surface area contributed by atoms with Crippen LogP contribution in [0.15, 0.2) is 42.5 Å². The Kier molecular flexibility index (Phi) is 4.36. The Morgan fingerprint density at radius 3 is 2.74 bits per heavy atom. The van der Waals surface area contributed by atoms with E-state index in [4.69, 9.17) is 4.74 Å². The van der Waals surface area contributed by atoms with Gasteiger partial charge in [-0.05, 0) is 61.6 Å². The molecule has 0 radical (unpaired) electrons. The highest BCUT2D eigenvalue weighted by Crippen LogP contribution is 2.40. The fourth-order valence-electron chi connectivity index (χ4n) is 2.98. The predicted molar refractivity (Wildman–Crippen MR) is 99.9 cm³/mol. The molecule has 0 fully saturated rings. The second-order valence-electron chi connectivity index (χ2n) is 6.61. The third kappa shape index (κ3) is 3.52. The SMILES string of the molecule is Cc1ccc2c(c1)[C@@H](NC(=O)c1ccccc1I)CC(C)(C)O2. The van der Waals surface area contributed by atoms with Crippen molar-refractivity contribution in [3.63, 3.8) is 0 Å². The number of hydrogen-bond donors (Lipinski definition) is 1. The molecular formula is C19H20INO2. The normalized spacial score (nSPS) is 18.7. The largest absolute Gasteiger partial charge is 0.487 e. The van der Waals surface area contributed by atoms with Crippen LogP contribution in [-0.4, -0.2) is 11.5 Å². The summed E-state index contributed by atoms with van der Waals surface area (Å²) in [6, 6.07) is 13.7. The molecule has 0 unspecified atom stereocenters. The van der Waals surface area contributed by atoms with Gasteiger partial charge < -0.3 is 10.1 Å². The molecule has 1 aliphatic heterocycles. The zero-order valence-electron chi connectivity index (χ0n) is 13.5. The highest BCUT2D eigenvalue weighted by molar-refractivity contribution is 14.1. The first-order chi connectivity index (χ1) is 10.9. The fourth-order valence-corrected chi connectivity index (χ4v) is 3.62. The van der Waals surface area contributed by atoms with E-state index in [0.29, 0.717) is 5.56 Å². The van der Waals surface area contributed by atoms with E-state index in [9.17, 15) is 4.79 Å². The Hall–Kier alpha value is -1.56. The van der Waals surface area contributed by atoms with Gasteiger partial charge in [0, 0.05) is 15.6 Å². The molecule has 1 amide bonds. The summed E-state index contributed by atoms with van der Waals surface area (Å²) in [6.07, 6.45) is 0.749. The lowest BCUT2D eigenvalue weighted by molar-refractivity contribution is 0.0619. The number of halogens is 1. The Morgan fingerprint density at radius 1 is 1.26 bits per heavy atom. The molecule has 0 saturated heterocycles. The van der Waals surface area contributed by atoms with Crippen molar-refractivity contribution in [1.29, 1.82) is 0 Å². The topological polar surface area (TPSA) is 38.3 Å². The summed E-state index contributed by atoms with van der Waals surface area (Å²) in [5, 5.41) is 3.19. The van der Waals surface area contributed by atoms with Gasteiger partial charge in [0.2, 0.25) is 0 Å². The van der Waals surface area contributed by atoms with E-state index >= 15 is 0 Å². The van der Waals surface area contributed by atoms with E-state index in [1.807, 2.05) is 36.4 Å². The summed E-state index contributed by atoms with van der Waals surface area (Å²) < 4.78 is 7.02. The molecule has 0 saturated carbocycles. The minimum Gasteiger partial charge on any atom is -0.487 e. The molecule has 120 valence electrons. The molecule has 23 heavy (non-hydrogen) atoms. The van der Waals surface area contributed by atoms with E-state index in [1.165, 1.54) is 5.56 Å². The first-order valence-electron chi connectivity index (χ1n) is 7.71. The number of nitrogens with one attached hydrogen (secondary N) is 1. The van der Waals surface area contributed by atoms with Crippen LogP contribution in [0, 0.1) is 10.5 Å². The molecule has 2 aromatic carbocycles. The average Bonchev–Trinajstić information content (AvgIpc) is 2.47. The molecule has 1 heterocycles. The maximum atomic E-state index is 12.7. The van der Waals surface area contributed by atoms with Crippen LogP contribution >= 0.6 is 22.6 Å². The number of carbonyl (C=O) groups excluding carboxylic acids is 1. The van der Waals surface area contributed by atoms with Gasteiger partial charge >= 0.3 is 0 Å². The number of amides is 1. The predicted octanol–water partition coefficient (Wildman–Crippen LogP) is 4.63. The maximum absolute atomic E-state index is 12.7. The highest BCUT2D eigenvalue weighted by Gasteiger charge is 2.34. The lowest BCUT2D eigenvalue weighted by atomic mass is 9.88. The maximum Gasteiger partial charge on any atom is 0.252 e. The summed E-state index contributed by atoms with van der Waals surface area (Å²) in [5.41, 5.74) is 2.64. The lowest BCUT2D eigenvalue weighted by Gasteiger charge is -2.38. The molecule has 1 atom stereocenters. The standard InChI is InChI=1S/C19H20INO2/c1-12-8-9-17-14(10-12)16(11-19(2,3)23-17)21-18(22)13-6-4-5-7-15(13)20/h4-10,16H,11H2,1-3H3,(H,21,22)/t16-/m0/s1. The zero-order valence-corrected chi connectivity index (χ0v) is 15.7. The second-order valence-corrected chi connectivity index (χ2v) is 7.78. The minimum atomic E-state index is -0.302. The van der Waals surface area contributed by atoms with Crippen LogP contribution in [0.5, 0.6) is 5.75 Å². The zero-order chi connectivity index (χ0) is 16.6. The van der Waals surface area contributed by atoms with Gasteiger partial charge in [-0.2, -0.15) is 0 Å². The molecule has 2 aromatic rings. The van der Waals surface area contributed by atoms with Gasteiger partial charge in [-0.1, -0.05) is 29.8 Å². The molecule has 0 aliphatic carbocycles. The van der Waals surface area contributed by atoms with E-state index in [2.05, 4.69) is 54.7 Å². The monoisotopic (exact) mass is 421 g/mol.